The normalized spacial score (nSPS) is 10.2. The molecule has 0 aliphatic rings. The molecule has 0 radical (unpaired) electrons. The zero-order valence-electron chi connectivity index (χ0n) is 15.1. The van der Waals surface area contributed by atoms with E-state index in [-0.39, 0.29) is 28.9 Å². The molecule has 2 rings (SSSR count). The summed E-state index contributed by atoms with van der Waals surface area (Å²) in [5, 5.41) is 8.28. The third kappa shape index (κ3) is 6.31. The Bertz CT molecular complexity index is 822. The quantitative estimate of drug-likeness (QED) is 0.623. The Morgan fingerprint density at radius 3 is 2.41 bits per heavy atom. The van der Waals surface area contributed by atoms with Crippen LogP contribution in [0.4, 0.5) is 16.2 Å². The predicted molar refractivity (Wildman–Crippen MR) is 107 cm³/mol. The number of hydrogen-bond donors (Lipinski definition) is 3. The van der Waals surface area contributed by atoms with Gasteiger partial charge in [0.1, 0.15) is 5.02 Å². The van der Waals surface area contributed by atoms with Crippen LogP contribution in [0.25, 0.3) is 0 Å². The zero-order chi connectivity index (χ0) is 19.8. The molecule has 0 aliphatic carbocycles. The van der Waals surface area contributed by atoms with Crippen molar-refractivity contribution in [1.29, 1.82) is 0 Å². The number of hydrogen-bond acceptors (Lipinski definition) is 4. The number of nitrogens with zero attached hydrogens (tertiary/aromatic N) is 1. The molecule has 0 aliphatic heterocycles. The van der Waals surface area contributed by atoms with E-state index in [2.05, 4.69) is 27.5 Å². The zero-order valence-corrected chi connectivity index (χ0v) is 15.8. The number of anilines is 2. The number of amides is 3. The van der Waals surface area contributed by atoms with Crippen LogP contribution < -0.4 is 20.7 Å². The summed E-state index contributed by atoms with van der Waals surface area (Å²) >= 11 is 6.11. The van der Waals surface area contributed by atoms with E-state index in [4.69, 9.17) is 16.3 Å². The lowest BCUT2D eigenvalue weighted by atomic mass is 10.2. The van der Waals surface area contributed by atoms with Gasteiger partial charge in [-0.1, -0.05) is 17.7 Å². The summed E-state index contributed by atoms with van der Waals surface area (Å²) in [4.78, 5) is 28.0. The molecule has 0 spiro atoms. The van der Waals surface area contributed by atoms with Gasteiger partial charge in [0.05, 0.1) is 11.7 Å². The van der Waals surface area contributed by atoms with Crippen LogP contribution in [0, 0.1) is 0 Å². The highest BCUT2D eigenvalue weighted by Crippen LogP contribution is 2.24. The van der Waals surface area contributed by atoms with Crippen molar-refractivity contribution in [2.45, 2.75) is 20.0 Å². The fourth-order valence-corrected chi connectivity index (χ4v) is 2.25. The molecule has 8 heteroatoms. The maximum Gasteiger partial charge on any atom is 0.319 e. The van der Waals surface area contributed by atoms with E-state index in [1.165, 1.54) is 12.3 Å². The molecule has 1 heterocycles. The van der Waals surface area contributed by atoms with Gasteiger partial charge in [0.2, 0.25) is 5.88 Å². The van der Waals surface area contributed by atoms with Gasteiger partial charge in [-0.05, 0) is 44.2 Å². The minimum atomic E-state index is -0.357. The number of ether oxygens (including phenoxy) is 1. The number of benzene rings is 1. The molecule has 3 N–H and O–H groups in total. The van der Waals surface area contributed by atoms with Gasteiger partial charge < -0.3 is 20.7 Å². The van der Waals surface area contributed by atoms with E-state index < -0.39 is 0 Å². The number of rotatable bonds is 7. The maximum atomic E-state index is 12.3. The Kier molecular flexibility index (Phi) is 7.19. The average Bonchev–Trinajstić information content (AvgIpc) is 2.63. The van der Waals surface area contributed by atoms with Gasteiger partial charge >= 0.3 is 6.03 Å². The first-order chi connectivity index (χ1) is 12.9. The summed E-state index contributed by atoms with van der Waals surface area (Å²) in [5.41, 5.74) is 1.47. The van der Waals surface area contributed by atoms with Crippen molar-refractivity contribution in [1.82, 2.24) is 10.3 Å². The Morgan fingerprint density at radius 1 is 1.22 bits per heavy atom. The van der Waals surface area contributed by atoms with Crippen LogP contribution in [-0.2, 0) is 0 Å². The van der Waals surface area contributed by atoms with Gasteiger partial charge in [-0.3, -0.25) is 4.79 Å². The lowest BCUT2D eigenvalue weighted by molar-refractivity contribution is 0.102. The molecule has 142 valence electrons. The Balaban J connectivity index is 1.98. The summed E-state index contributed by atoms with van der Waals surface area (Å²) in [5.74, 6) is -0.0710. The molecular weight excluding hydrogens is 368 g/mol. The van der Waals surface area contributed by atoms with Crippen molar-refractivity contribution in [3.05, 3.63) is 59.8 Å². The number of pyridine rings is 1. The van der Waals surface area contributed by atoms with Crippen molar-refractivity contribution in [2.24, 2.45) is 0 Å². The fraction of sp³-hybridized carbons (Fsp3) is 0.211. The molecule has 0 unspecified atom stereocenters. The van der Waals surface area contributed by atoms with Crippen molar-refractivity contribution in [3.63, 3.8) is 0 Å². The molecule has 27 heavy (non-hydrogen) atoms. The molecule has 1 aromatic carbocycles. The second-order valence-electron chi connectivity index (χ2n) is 5.83. The van der Waals surface area contributed by atoms with Crippen LogP contribution in [-0.4, -0.2) is 29.6 Å². The smallest absolute Gasteiger partial charge is 0.319 e. The summed E-state index contributed by atoms with van der Waals surface area (Å²) in [6.07, 6.45) is 2.92. The topological polar surface area (TPSA) is 92.4 Å². The van der Waals surface area contributed by atoms with E-state index in [9.17, 15) is 9.59 Å². The van der Waals surface area contributed by atoms with Gasteiger partial charge in [0.15, 0.2) is 0 Å². The molecule has 0 atom stereocenters. The van der Waals surface area contributed by atoms with E-state index in [0.29, 0.717) is 23.5 Å². The highest BCUT2D eigenvalue weighted by Gasteiger charge is 2.12. The van der Waals surface area contributed by atoms with Gasteiger partial charge in [-0.25, -0.2) is 9.78 Å². The lowest BCUT2D eigenvalue weighted by Gasteiger charge is -2.11. The Labute approximate surface area is 162 Å². The van der Waals surface area contributed by atoms with Crippen molar-refractivity contribution in [2.75, 3.05) is 17.2 Å². The minimum Gasteiger partial charge on any atom is -0.474 e. The van der Waals surface area contributed by atoms with Crippen molar-refractivity contribution in [3.8, 4) is 5.88 Å². The summed E-state index contributed by atoms with van der Waals surface area (Å²) in [6.45, 7) is 7.62. The second-order valence-corrected chi connectivity index (χ2v) is 6.24. The van der Waals surface area contributed by atoms with Crippen LogP contribution in [0.1, 0.15) is 24.2 Å². The first-order valence-corrected chi connectivity index (χ1v) is 8.66. The third-order valence-electron chi connectivity index (χ3n) is 3.22. The van der Waals surface area contributed by atoms with Crippen LogP contribution in [0.3, 0.4) is 0 Å². The fourth-order valence-electron chi connectivity index (χ4n) is 2.04. The molecule has 7 nitrogen and oxygen atoms in total. The van der Waals surface area contributed by atoms with Crippen LogP contribution in [0.2, 0.25) is 5.02 Å². The van der Waals surface area contributed by atoms with Crippen LogP contribution in [0.5, 0.6) is 5.88 Å². The highest BCUT2D eigenvalue weighted by molar-refractivity contribution is 6.32. The molecule has 3 amide bonds. The first kappa shape index (κ1) is 20.3. The van der Waals surface area contributed by atoms with Gasteiger partial charge in [-0.2, -0.15) is 0 Å². The molecule has 0 saturated carbocycles. The number of nitrogens with one attached hydrogen (secondary N) is 3. The number of aromatic nitrogens is 1. The first-order valence-electron chi connectivity index (χ1n) is 8.28. The molecular formula is C19H21ClN4O3. The largest absolute Gasteiger partial charge is 0.474 e. The number of carbonyl (C=O) groups excluding carboxylic acids is 2. The van der Waals surface area contributed by atoms with Crippen molar-refractivity contribution < 1.29 is 14.3 Å². The third-order valence-corrected chi connectivity index (χ3v) is 3.50. The molecule has 0 bridgehead atoms. The van der Waals surface area contributed by atoms with Gasteiger partial charge in [0, 0.05) is 24.1 Å². The lowest BCUT2D eigenvalue weighted by Crippen LogP contribution is -2.28. The maximum absolute atomic E-state index is 12.3. The second kappa shape index (κ2) is 9.59. The number of halogens is 1. The summed E-state index contributed by atoms with van der Waals surface area (Å²) in [7, 11) is 0. The summed E-state index contributed by atoms with van der Waals surface area (Å²) < 4.78 is 5.45. The van der Waals surface area contributed by atoms with Crippen LogP contribution in [0.15, 0.2) is 49.2 Å². The monoisotopic (exact) mass is 388 g/mol. The molecule has 2 aromatic rings. The Morgan fingerprint density at radius 2 is 1.85 bits per heavy atom. The molecule has 0 saturated heterocycles. The van der Waals surface area contributed by atoms with Gasteiger partial charge in [0.25, 0.3) is 5.91 Å². The molecule has 1 aromatic heterocycles. The van der Waals surface area contributed by atoms with Gasteiger partial charge in [-0.15, -0.1) is 6.58 Å². The Hall–Kier alpha value is -3.06. The van der Waals surface area contributed by atoms with Crippen LogP contribution >= 0.6 is 11.6 Å². The average molecular weight is 389 g/mol. The van der Waals surface area contributed by atoms with E-state index in [0.717, 1.165) is 0 Å². The van der Waals surface area contributed by atoms with E-state index in [1.807, 2.05) is 13.8 Å². The SMILES string of the molecule is C=CCNC(=O)Nc1ccc(NC(=O)c2cnc(OC(C)C)c(Cl)c2)cc1. The van der Waals surface area contributed by atoms with E-state index in [1.54, 1.807) is 30.3 Å². The molecule has 0 fully saturated rings. The number of urea groups is 1. The standard InChI is InChI=1S/C19H21ClN4O3/c1-4-9-21-19(26)24-15-7-5-14(6-8-15)23-17(25)13-10-16(20)18(22-11-13)27-12(2)3/h4-8,10-12H,1,9H2,2-3H3,(H,23,25)(H2,21,24,26). The number of carbonyl (C=O) groups is 2. The predicted octanol–water partition coefficient (Wildman–Crippen LogP) is 4.08. The van der Waals surface area contributed by atoms with E-state index >= 15 is 0 Å². The van der Waals surface area contributed by atoms with Crippen molar-refractivity contribution >= 4 is 34.9 Å². The minimum absolute atomic E-state index is 0.0688. The highest BCUT2D eigenvalue weighted by atomic mass is 35.5. The summed E-state index contributed by atoms with van der Waals surface area (Å²) in [6, 6.07) is 7.86.